The maximum absolute atomic E-state index is 11.8. The molecule has 1 amide bonds. The van der Waals surface area contributed by atoms with E-state index >= 15 is 0 Å². The van der Waals surface area contributed by atoms with Gasteiger partial charge in [0.2, 0.25) is 5.91 Å². The Kier molecular flexibility index (Phi) is 6.52. The highest BCUT2D eigenvalue weighted by molar-refractivity contribution is 5.81. The van der Waals surface area contributed by atoms with Gasteiger partial charge in [-0.2, -0.15) is 0 Å². The van der Waals surface area contributed by atoms with Gasteiger partial charge in [-0.25, -0.2) is 0 Å². The highest BCUT2D eigenvalue weighted by atomic mass is 16.5. The van der Waals surface area contributed by atoms with E-state index in [1.165, 1.54) is 5.56 Å². The van der Waals surface area contributed by atoms with Crippen molar-refractivity contribution in [2.24, 2.45) is 0 Å². The number of carbonyl (C=O) groups is 1. The van der Waals surface area contributed by atoms with Gasteiger partial charge < -0.3 is 15.4 Å². The molecule has 2 atom stereocenters. The van der Waals surface area contributed by atoms with Crippen LogP contribution in [0.2, 0.25) is 0 Å². The zero-order valence-corrected chi connectivity index (χ0v) is 13.1. The summed E-state index contributed by atoms with van der Waals surface area (Å²) < 4.78 is 5.14. The van der Waals surface area contributed by atoms with Gasteiger partial charge in [0.1, 0.15) is 5.75 Å². The molecule has 0 aliphatic carbocycles. The van der Waals surface area contributed by atoms with Gasteiger partial charge in [0.05, 0.1) is 13.2 Å². The molecule has 0 aromatic heterocycles. The van der Waals surface area contributed by atoms with Gasteiger partial charge in [0.15, 0.2) is 0 Å². The van der Waals surface area contributed by atoms with E-state index in [0.29, 0.717) is 0 Å². The molecule has 1 aromatic carbocycles. The van der Waals surface area contributed by atoms with Gasteiger partial charge in [-0.3, -0.25) is 4.79 Å². The molecule has 20 heavy (non-hydrogen) atoms. The first kappa shape index (κ1) is 16.5. The zero-order valence-electron chi connectivity index (χ0n) is 13.1. The van der Waals surface area contributed by atoms with E-state index in [4.69, 9.17) is 4.74 Å². The van der Waals surface area contributed by atoms with Crippen LogP contribution in [0.3, 0.4) is 0 Å². The van der Waals surface area contributed by atoms with Crippen LogP contribution in [-0.2, 0) is 11.2 Å². The minimum Gasteiger partial charge on any atom is -0.497 e. The lowest BCUT2D eigenvalue weighted by Gasteiger charge is -2.21. The summed E-state index contributed by atoms with van der Waals surface area (Å²) >= 11 is 0. The third-order valence-corrected chi connectivity index (χ3v) is 3.06. The van der Waals surface area contributed by atoms with E-state index in [-0.39, 0.29) is 24.0 Å². The second kappa shape index (κ2) is 7.90. The summed E-state index contributed by atoms with van der Waals surface area (Å²) in [5.41, 5.74) is 1.22. The third-order valence-electron chi connectivity index (χ3n) is 3.06. The Hall–Kier alpha value is -1.55. The maximum Gasteiger partial charge on any atom is 0.237 e. The third kappa shape index (κ3) is 5.61. The molecule has 0 fully saturated rings. The monoisotopic (exact) mass is 278 g/mol. The lowest BCUT2D eigenvalue weighted by molar-refractivity contribution is -0.123. The van der Waals surface area contributed by atoms with E-state index in [1.54, 1.807) is 7.11 Å². The molecule has 1 rings (SSSR count). The van der Waals surface area contributed by atoms with E-state index in [2.05, 4.69) is 29.7 Å². The summed E-state index contributed by atoms with van der Waals surface area (Å²) in [7, 11) is 1.66. The van der Waals surface area contributed by atoms with Crippen LogP contribution in [0.5, 0.6) is 5.75 Å². The van der Waals surface area contributed by atoms with Crippen LogP contribution < -0.4 is 15.4 Å². The summed E-state index contributed by atoms with van der Waals surface area (Å²) in [4.78, 5) is 11.8. The first-order valence-corrected chi connectivity index (χ1v) is 7.11. The van der Waals surface area contributed by atoms with Crippen molar-refractivity contribution in [1.82, 2.24) is 10.6 Å². The van der Waals surface area contributed by atoms with Crippen molar-refractivity contribution in [2.45, 2.75) is 52.2 Å². The van der Waals surface area contributed by atoms with E-state index < -0.39 is 0 Å². The Bertz CT molecular complexity index is 415. The molecule has 4 nitrogen and oxygen atoms in total. The standard InChI is InChI=1S/C16H26N2O2/c1-11(2)17-16(19)13(4)18-12(3)10-14-6-8-15(20-5)9-7-14/h6-9,11-13,18H,10H2,1-5H3,(H,17,19). The number of hydrogen-bond donors (Lipinski definition) is 2. The average molecular weight is 278 g/mol. The molecule has 0 spiro atoms. The molecule has 0 bridgehead atoms. The highest BCUT2D eigenvalue weighted by Crippen LogP contribution is 2.12. The van der Waals surface area contributed by atoms with E-state index in [9.17, 15) is 4.79 Å². The van der Waals surface area contributed by atoms with E-state index in [0.717, 1.165) is 12.2 Å². The Labute approximate surface area is 121 Å². The molecule has 0 heterocycles. The van der Waals surface area contributed by atoms with Crippen molar-refractivity contribution in [3.8, 4) is 5.75 Å². The lowest BCUT2D eigenvalue weighted by atomic mass is 10.1. The first-order valence-electron chi connectivity index (χ1n) is 7.11. The smallest absolute Gasteiger partial charge is 0.237 e. The predicted molar refractivity (Wildman–Crippen MR) is 82.0 cm³/mol. The number of rotatable bonds is 7. The molecular formula is C16H26N2O2. The molecule has 0 saturated carbocycles. The van der Waals surface area contributed by atoms with Crippen molar-refractivity contribution < 1.29 is 9.53 Å². The summed E-state index contributed by atoms with van der Waals surface area (Å²) in [5.74, 6) is 0.903. The number of methoxy groups -OCH3 is 1. The summed E-state index contributed by atoms with van der Waals surface area (Å²) in [6, 6.07) is 8.23. The second-order valence-electron chi connectivity index (χ2n) is 5.50. The maximum atomic E-state index is 11.8. The Morgan fingerprint density at radius 1 is 1.15 bits per heavy atom. The second-order valence-corrected chi connectivity index (χ2v) is 5.50. The van der Waals surface area contributed by atoms with Crippen LogP contribution >= 0.6 is 0 Å². The Balaban J connectivity index is 2.45. The fraction of sp³-hybridized carbons (Fsp3) is 0.562. The summed E-state index contributed by atoms with van der Waals surface area (Å²) in [6.45, 7) is 7.91. The van der Waals surface area contributed by atoms with Crippen LogP contribution in [0.4, 0.5) is 0 Å². The fourth-order valence-electron chi connectivity index (χ4n) is 2.09. The van der Waals surface area contributed by atoms with Gasteiger partial charge >= 0.3 is 0 Å². The molecule has 0 radical (unpaired) electrons. The van der Waals surface area contributed by atoms with Crippen molar-refractivity contribution in [1.29, 1.82) is 0 Å². The van der Waals surface area contributed by atoms with Crippen LogP contribution in [-0.4, -0.2) is 31.1 Å². The molecule has 112 valence electrons. The Morgan fingerprint density at radius 3 is 2.25 bits per heavy atom. The van der Waals surface area contributed by atoms with Gasteiger partial charge in [0, 0.05) is 12.1 Å². The van der Waals surface area contributed by atoms with Crippen molar-refractivity contribution in [3.63, 3.8) is 0 Å². The van der Waals surface area contributed by atoms with Crippen LogP contribution in [0.1, 0.15) is 33.3 Å². The minimum atomic E-state index is -0.189. The van der Waals surface area contributed by atoms with Crippen LogP contribution in [0.15, 0.2) is 24.3 Å². The van der Waals surface area contributed by atoms with Crippen LogP contribution in [0, 0.1) is 0 Å². The number of carbonyl (C=O) groups excluding carboxylic acids is 1. The van der Waals surface area contributed by atoms with E-state index in [1.807, 2.05) is 32.9 Å². The molecule has 0 aliphatic heterocycles. The SMILES string of the molecule is COc1ccc(CC(C)NC(C)C(=O)NC(C)C)cc1. The number of ether oxygens (including phenoxy) is 1. The predicted octanol–water partition coefficient (Wildman–Crippen LogP) is 2.13. The van der Waals surface area contributed by atoms with Crippen molar-refractivity contribution in [3.05, 3.63) is 29.8 Å². The first-order chi connectivity index (χ1) is 9.42. The van der Waals surface area contributed by atoms with Gasteiger partial charge in [-0.05, 0) is 51.8 Å². The topological polar surface area (TPSA) is 50.4 Å². The quantitative estimate of drug-likeness (QED) is 0.803. The van der Waals surface area contributed by atoms with Crippen LogP contribution in [0.25, 0.3) is 0 Å². The molecular weight excluding hydrogens is 252 g/mol. The van der Waals surface area contributed by atoms with Gasteiger partial charge in [0.25, 0.3) is 0 Å². The summed E-state index contributed by atoms with van der Waals surface area (Å²) in [6.07, 6.45) is 0.878. The largest absolute Gasteiger partial charge is 0.497 e. The Morgan fingerprint density at radius 2 is 1.75 bits per heavy atom. The van der Waals surface area contributed by atoms with Gasteiger partial charge in [-0.15, -0.1) is 0 Å². The zero-order chi connectivity index (χ0) is 15.1. The molecule has 2 N–H and O–H groups in total. The molecule has 0 saturated heterocycles. The van der Waals surface area contributed by atoms with Crippen molar-refractivity contribution >= 4 is 5.91 Å². The van der Waals surface area contributed by atoms with Gasteiger partial charge in [-0.1, -0.05) is 12.1 Å². The summed E-state index contributed by atoms with van der Waals surface area (Å²) in [5, 5.41) is 6.23. The number of benzene rings is 1. The molecule has 2 unspecified atom stereocenters. The molecule has 1 aromatic rings. The number of amides is 1. The molecule has 0 aliphatic rings. The lowest BCUT2D eigenvalue weighted by Crippen LogP contribution is -2.48. The molecule has 4 heteroatoms. The highest BCUT2D eigenvalue weighted by Gasteiger charge is 2.15. The average Bonchev–Trinajstić information content (AvgIpc) is 2.38. The fourth-order valence-corrected chi connectivity index (χ4v) is 2.09. The number of nitrogens with one attached hydrogen (secondary N) is 2. The minimum absolute atomic E-state index is 0.0431. The number of hydrogen-bond acceptors (Lipinski definition) is 3. The van der Waals surface area contributed by atoms with Crippen molar-refractivity contribution in [2.75, 3.05) is 7.11 Å². The normalized spacial score (nSPS) is 13.9.